The zero-order chi connectivity index (χ0) is 10.7. The number of furan rings is 1. The first kappa shape index (κ1) is 10.2. The molecule has 0 saturated carbocycles. The summed E-state index contributed by atoms with van der Waals surface area (Å²) in [5.74, 6) is 1.96. The predicted molar refractivity (Wildman–Crippen MR) is 59.2 cm³/mol. The first-order chi connectivity index (χ1) is 7.31. The lowest BCUT2D eigenvalue weighted by molar-refractivity contribution is 0.503. The molecule has 80 valence electrons. The summed E-state index contributed by atoms with van der Waals surface area (Å²) in [6.07, 6.45) is 3.38. The zero-order valence-electron chi connectivity index (χ0n) is 8.56. The highest BCUT2D eigenvalue weighted by molar-refractivity contribution is 7.71. The number of hydrogen-bond donors (Lipinski definition) is 1. The van der Waals surface area contributed by atoms with Gasteiger partial charge < -0.3 is 8.98 Å². The smallest absolute Gasteiger partial charge is 0.195 e. The van der Waals surface area contributed by atoms with Crippen LogP contribution in [0.2, 0.25) is 0 Å². The molecular formula is C10H13N3OS. The molecule has 0 bridgehead atoms. The Labute approximate surface area is 92.9 Å². The summed E-state index contributed by atoms with van der Waals surface area (Å²) in [6, 6.07) is 3.86. The lowest BCUT2D eigenvalue weighted by atomic mass is 10.2. The van der Waals surface area contributed by atoms with Crippen LogP contribution >= 0.6 is 12.2 Å². The van der Waals surface area contributed by atoms with Gasteiger partial charge in [-0.2, -0.15) is 5.10 Å². The summed E-state index contributed by atoms with van der Waals surface area (Å²) in [7, 11) is 0. The highest BCUT2D eigenvalue weighted by atomic mass is 32.1. The van der Waals surface area contributed by atoms with Crippen molar-refractivity contribution in [2.75, 3.05) is 0 Å². The molecule has 0 amide bonds. The number of rotatable bonds is 4. The summed E-state index contributed by atoms with van der Waals surface area (Å²) in [4.78, 5) is 0. The predicted octanol–water partition coefficient (Wildman–Crippen LogP) is 2.34. The minimum absolute atomic E-state index is 0.687. The maximum atomic E-state index is 5.26. The molecule has 0 atom stereocenters. The third-order valence-corrected chi connectivity index (χ3v) is 2.64. The zero-order valence-corrected chi connectivity index (χ0v) is 9.38. The third-order valence-electron chi connectivity index (χ3n) is 2.33. The number of hydrogen-bond acceptors (Lipinski definition) is 3. The van der Waals surface area contributed by atoms with Crippen LogP contribution < -0.4 is 0 Å². The monoisotopic (exact) mass is 223 g/mol. The molecule has 0 fully saturated rings. The minimum atomic E-state index is 0.687. The quantitative estimate of drug-likeness (QED) is 0.809. The van der Waals surface area contributed by atoms with Crippen LogP contribution in [0.4, 0.5) is 0 Å². The minimum Gasteiger partial charge on any atom is -0.469 e. The standard InChI is InChI=1S/C10H13N3OS/c1-2-13-9(11-12-10(13)15)6-5-8-4-3-7-14-8/h3-4,7H,2,5-6H2,1H3,(H,12,15). The van der Waals surface area contributed by atoms with Crippen molar-refractivity contribution in [2.45, 2.75) is 26.3 Å². The summed E-state index contributed by atoms with van der Waals surface area (Å²) < 4.78 is 7.95. The Morgan fingerprint density at radius 1 is 1.53 bits per heavy atom. The van der Waals surface area contributed by atoms with Crippen molar-refractivity contribution >= 4 is 12.2 Å². The fourth-order valence-corrected chi connectivity index (χ4v) is 1.84. The van der Waals surface area contributed by atoms with Crippen molar-refractivity contribution in [3.05, 3.63) is 34.8 Å². The van der Waals surface area contributed by atoms with E-state index in [2.05, 4.69) is 17.1 Å². The van der Waals surface area contributed by atoms with Gasteiger partial charge >= 0.3 is 0 Å². The molecular weight excluding hydrogens is 210 g/mol. The molecule has 0 aromatic carbocycles. The van der Waals surface area contributed by atoms with E-state index in [-0.39, 0.29) is 0 Å². The first-order valence-electron chi connectivity index (χ1n) is 4.97. The molecule has 5 heteroatoms. The molecule has 0 spiro atoms. The lowest BCUT2D eigenvalue weighted by Gasteiger charge is -2.01. The molecule has 0 aliphatic carbocycles. The van der Waals surface area contributed by atoms with E-state index >= 15 is 0 Å². The van der Waals surface area contributed by atoms with Crippen molar-refractivity contribution in [2.24, 2.45) is 0 Å². The van der Waals surface area contributed by atoms with Crippen molar-refractivity contribution in [1.82, 2.24) is 14.8 Å². The maximum absolute atomic E-state index is 5.26. The molecule has 2 aromatic rings. The molecule has 0 radical (unpaired) electrons. The molecule has 2 aromatic heterocycles. The fraction of sp³-hybridized carbons (Fsp3) is 0.400. The lowest BCUT2D eigenvalue weighted by Crippen LogP contribution is -2.03. The SMILES string of the molecule is CCn1c(CCc2ccco2)n[nH]c1=S. The van der Waals surface area contributed by atoms with Gasteiger partial charge in [-0.3, -0.25) is 5.10 Å². The molecule has 0 unspecified atom stereocenters. The van der Waals surface area contributed by atoms with E-state index in [0.717, 1.165) is 31.0 Å². The van der Waals surface area contributed by atoms with Crippen LogP contribution in [0.1, 0.15) is 18.5 Å². The van der Waals surface area contributed by atoms with Gasteiger partial charge in [0.05, 0.1) is 6.26 Å². The Balaban J connectivity index is 2.08. The van der Waals surface area contributed by atoms with Crippen LogP contribution in [-0.2, 0) is 19.4 Å². The summed E-state index contributed by atoms with van der Waals surface area (Å²) in [5, 5.41) is 6.99. The van der Waals surface area contributed by atoms with E-state index in [0.29, 0.717) is 4.77 Å². The average Bonchev–Trinajstić information content (AvgIpc) is 2.84. The molecule has 15 heavy (non-hydrogen) atoms. The van der Waals surface area contributed by atoms with Gasteiger partial charge in [0.2, 0.25) is 0 Å². The largest absolute Gasteiger partial charge is 0.469 e. The third kappa shape index (κ3) is 2.18. The van der Waals surface area contributed by atoms with Gasteiger partial charge in [0.1, 0.15) is 11.6 Å². The molecule has 0 aliphatic heterocycles. The normalized spacial score (nSPS) is 10.7. The van der Waals surface area contributed by atoms with Gasteiger partial charge in [-0.15, -0.1) is 0 Å². The Hall–Kier alpha value is -1.36. The highest BCUT2D eigenvalue weighted by Crippen LogP contribution is 2.06. The molecule has 0 saturated heterocycles. The Kier molecular flexibility index (Phi) is 3.01. The van der Waals surface area contributed by atoms with Crippen LogP contribution in [0.15, 0.2) is 22.8 Å². The molecule has 1 N–H and O–H groups in total. The van der Waals surface area contributed by atoms with E-state index in [9.17, 15) is 0 Å². The van der Waals surface area contributed by atoms with Crippen molar-refractivity contribution in [3.8, 4) is 0 Å². The van der Waals surface area contributed by atoms with E-state index in [1.807, 2.05) is 16.7 Å². The van der Waals surface area contributed by atoms with Gasteiger partial charge in [-0.05, 0) is 31.3 Å². The van der Waals surface area contributed by atoms with Gasteiger partial charge in [-0.1, -0.05) is 0 Å². The summed E-state index contributed by atoms with van der Waals surface area (Å²) >= 11 is 5.11. The first-order valence-corrected chi connectivity index (χ1v) is 5.38. The number of nitrogens with zero attached hydrogens (tertiary/aromatic N) is 2. The van der Waals surface area contributed by atoms with Crippen LogP contribution in [0.5, 0.6) is 0 Å². The van der Waals surface area contributed by atoms with Crippen LogP contribution in [-0.4, -0.2) is 14.8 Å². The van der Waals surface area contributed by atoms with Crippen LogP contribution in [0.3, 0.4) is 0 Å². The van der Waals surface area contributed by atoms with Gasteiger partial charge in [0.15, 0.2) is 4.77 Å². The van der Waals surface area contributed by atoms with Crippen molar-refractivity contribution in [3.63, 3.8) is 0 Å². The second-order valence-electron chi connectivity index (χ2n) is 3.27. The molecule has 2 heterocycles. The molecule has 0 aliphatic rings. The number of H-pyrrole nitrogens is 1. The van der Waals surface area contributed by atoms with Gasteiger partial charge in [0.25, 0.3) is 0 Å². The summed E-state index contributed by atoms with van der Waals surface area (Å²) in [5.41, 5.74) is 0. The van der Waals surface area contributed by atoms with E-state index < -0.39 is 0 Å². The van der Waals surface area contributed by atoms with Gasteiger partial charge in [-0.25, -0.2) is 0 Å². The maximum Gasteiger partial charge on any atom is 0.195 e. The second kappa shape index (κ2) is 4.44. The Morgan fingerprint density at radius 3 is 3.07 bits per heavy atom. The Morgan fingerprint density at radius 2 is 2.40 bits per heavy atom. The van der Waals surface area contributed by atoms with Crippen molar-refractivity contribution < 1.29 is 4.42 Å². The highest BCUT2D eigenvalue weighted by Gasteiger charge is 2.05. The van der Waals surface area contributed by atoms with Crippen LogP contribution in [0.25, 0.3) is 0 Å². The second-order valence-corrected chi connectivity index (χ2v) is 3.66. The molecule has 2 rings (SSSR count). The van der Waals surface area contributed by atoms with Crippen molar-refractivity contribution in [1.29, 1.82) is 0 Å². The van der Waals surface area contributed by atoms with Crippen LogP contribution in [0, 0.1) is 4.77 Å². The van der Waals surface area contributed by atoms with Gasteiger partial charge in [0, 0.05) is 19.4 Å². The topological polar surface area (TPSA) is 46.8 Å². The number of nitrogens with one attached hydrogen (secondary N) is 1. The van der Waals surface area contributed by atoms with E-state index in [1.54, 1.807) is 6.26 Å². The fourth-order valence-electron chi connectivity index (χ4n) is 1.56. The van der Waals surface area contributed by atoms with E-state index in [1.165, 1.54) is 0 Å². The number of aryl methyl sites for hydroxylation is 2. The van der Waals surface area contributed by atoms with E-state index in [4.69, 9.17) is 16.6 Å². The average molecular weight is 223 g/mol. The summed E-state index contributed by atoms with van der Waals surface area (Å²) in [6.45, 7) is 2.91. The molecule has 4 nitrogen and oxygen atoms in total. The Bertz CT molecular complexity index is 469. The number of aromatic nitrogens is 3. The number of aromatic amines is 1.